The number of rotatable bonds is 5. The van der Waals surface area contributed by atoms with Crippen molar-refractivity contribution >= 4 is 11.9 Å². The Balaban J connectivity index is 2.19. The molecule has 0 saturated heterocycles. The maximum atomic E-state index is 12.3. The zero-order valence-electron chi connectivity index (χ0n) is 12.7. The third-order valence-electron chi connectivity index (χ3n) is 3.16. The van der Waals surface area contributed by atoms with E-state index in [1.165, 1.54) is 13.1 Å². The first kappa shape index (κ1) is 16.2. The van der Waals surface area contributed by atoms with Crippen molar-refractivity contribution in [3.8, 4) is 12.3 Å². The van der Waals surface area contributed by atoms with Gasteiger partial charge in [-0.05, 0) is 30.3 Å². The Kier molecular flexibility index (Phi) is 5.48. The SMILES string of the molecule is C#CC[C@H](OC(=O)c1cccc(C(=O)NC)c1)c1ccccn1. The number of carbonyl (C=O) groups is 2. The smallest absolute Gasteiger partial charge is 0.338 e. The Morgan fingerprint density at radius 3 is 2.70 bits per heavy atom. The van der Waals surface area contributed by atoms with Crippen molar-refractivity contribution in [3.63, 3.8) is 0 Å². The highest BCUT2D eigenvalue weighted by Crippen LogP contribution is 2.20. The van der Waals surface area contributed by atoms with Gasteiger partial charge in [0, 0.05) is 18.8 Å². The average Bonchev–Trinajstić information content (AvgIpc) is 2.61. The Hall–Kier alpha value is -3.13. The molecule has 1 atom stereocenters. The van der Waals surface area contributed by atoms with Gasteiger partial charge in [-0.3, -0.25) is 9.78 Å². The number of benzene rings is 1. The molecule has 0 bridgehead atoms. The largest absolute Gasteiger partial charge is 0.451 e. The molecule has 5 nitrogen and oxygen atoms in total. The first-order valence-electron chi connectivity index (χ1n) is 7.03. The van der Waals surface area contributed by atoms with Gasteiger partial charge in [0.05, 0.1) is 17.7 Å². The van der Waals surface area contributed by atoms with Gasteiger partial charge in [0.2, 0.25) is 0 Å². The number of hydrogen-bond acceptors (Lipinski definition) is 4. The number of nitrogens with zero attached hydrogens (tertiary/aromatic N) is 1. The summed E-state index contributed by atoms with van der Waals surface area (Å²) in [7, 11) is 1.53. The lowest BCUT2D eigenvalue weighted by molar-refractivity contribution is 0.0299. The van der Waals surface area contributed by atoms with Crippen LogP contribution in [0.5, 0.6) is 0 Å². The predicted octanol–water partition coefficient (Wildman–Crippen LogP) is 2.36. The highest BCUT2D eigenvalue weighted by Gasteiger charge is 2.19. The number of amides is 1. The summed E-state index contributed by atoms with van der Waals surface area (Å²) >= 11 is 0. The second-order valence-electron chi connectivity index (χ2n) is 4.72. The molecule has 0 aliphatic heterocycles. The van der Waals surface area contributed by atoms with E-state index in [1.54, 1.807) is 42.6 Å². The summed E-state index contributed by atoms with van der Waals surface area (Å²) in [4.78, 5) is 28.1. The molecule has 2 aromatic rings. The van der Waals surface area contributed by atoms with Gasteiger partial charge in [-0.25, -0.2) is 4.79 Å². The molecule has 0 aliphatic carbocycles. The number of aromatic nitrogens is 1. The molecule has 0 spiro atoms. The minimum absolute atomic E-state index is 0.220. The quantitative estimate of drug-likeness (QED) is 0.680. The van der Waals surface area contributed by atoms with Crippen LogP contribution in [0.25, 0.3) is 0 Å². The van der Waals surface area contributed by atoms with Gasteiger partial charge in [-0.2, -0.15) is 0 Å². The van der Waals surface area contributed by atoms with Crippen LogP contribution in [0, 0.1) is 12.3 Å². The van der Waals surface area contributed by atoms with Crippen molar-refractivity contribution in [3.05, 3.63) is 65.5 Å². The number of ether oxygens (including phenoxy) is 1. The topological polar surface area (TPSA) is 68.3 Å². The highest BCUT2D eigenvalue weighted by atomic mass is 16.5. The summed E-state index contributed by atoms with van der Waals surface area (Å²) in [6.45, 7) is 0. The van der Waals surface area contributed by atoms with Crippen LogP contribution in [0.3, 0.4) is 0 Å². The van der Waals surface area contributed by atoms with Crippen LogP contribution in [-0.2, 0) is 4.74 Å². The zero-order chi connectivity index (χ0) is 16.7. The minimum Gasteiger partial charge on any atom is -0.451 e. The average molecular weight is 308 g/mol. The first-order valence-corrected chi connectivity index (χ1v) is 7.03. The van der Waals surface area contributed by atoms with Crippen molar-refractivity contribution in [2.45, 2.75) is 12.5 Å². The lowest BCUT2D eigenvalue weighted by atomic mass is 10.1. The number of pyridine rings is 1. The van der Waals surface area contributed by atoms with E-state index >= 15 is 0 Å². The summed E-state index contributed by atoms with van der Waals surface area (Å²) < 4.78 is 5.46. The van der Waals surface area contributed by atoms with Crippen molar-refractivity contribution < 1.29 is 14.3 Å². The molecule has 0 fully saturated rings. The van der Waals surface area contributed by atoms with Gasteiger partial charge in [-0.15, -0.1) is 12.3 Å². The maximum absolute atomic E-state index is 12.3. The van der Waals surface area contributed by atoms with Crippen LogP contribution in [0.1, 0.15) is 38.9 Å². The van der Waals surface area contributed by atoms with Crippen LogP contribution in [0.2, 0.25) is 0 Å². The normalized spacial score (nSPS) is 11.1. The third kappa shape index (κ3) is 4.17. The minimum atomic E-state index is -0.627. The summed E-state index contributed by atoms with van der Waals surface area (Å²) in [6.07, 6.45) is 6.54. The number of carbonyl (C=O) groups excluding carboxylic acids is 2. The molecule has 1 N–H and O–H groups in total. The van der Waals surface area contributed by atoms with E-state index in [0.29, 0.717) is 11.3 Å². The summed E-state index contributed by atoms with van der Waals surface area (Å²) in [5.41, 5.74) is 1.25. The van der Waals surface area contributed by atoms with Gasteiger partial charge in [0.15, 0.2) is 6.10 Å². The van der Waals surface area contributed by atoms with Gasteiger partial charge in [0.1, 0.15) is 0 Å². The number of hydrogen-bond donors (Lipinski definition) is 1. The number of nitrogens with one attached hydrogen (secondary N) is 1. The molecular weight excluding hydrogens is 292 g/mol. The monoisotopic (exact) mass is 308 g/mol. The molecule has 1 aromatic heterocycles. The fraction of sp³-hybridized carbons (Fsp3) is 0.167. The molecule has 1 heterocycles. The van der Waals surface area contributed by atoms with Crippen molar-refractivity contribution in [1.82, 2.24) is 10.3 Å². The van der Waals surface area contributed by atoms with Gasteiger partial charge < -0.3 is 10.1 Å². The molecule has 23 heavy (non-hydrogen) atoms. The highest BCUT2D eigenvalue weighted by molar-refractivity contribution is 5.97. The standard InChI is InChI=1S/C18H16N2O3/c1-3-7-16(15-10-4-5-11-20-15)23-18(22)14-9-6-8-13(12-14)17(21)19-2/h1,4-6,8-12,16H,7H2,2H3,(H,19,21)/t16-/m0/s1. The van der Waals surface area contributed by atoms with Gasteiger partial charge >= 0.3 is 5.97 Å². The van der Waals surface area contributed by atoms with E-state index in [1.807, 2.05) is 0 Å². The van der Waals surface area contributed by atoms with E-state index < -0.39 is 12.1 Å². The predicted molar refractivity (Wildman–Crippen MR) is 85.7 cm³/mol. The van der Waals surface area contributed by atoms with E-state index in [4.69, 9.17) is 11.2 Å². The summed E-state index contributed by atoms with van der Waals surface area (Å²) in [6, 6.07) is 11.6. The Labute approximate surface area is 134 Å². The molecule has 0 aliphatic rings. The molecule has 0 radical (unpaired) electrons. The van der Waals surface area contributed by atoms with Crippen molar-refractivity contribution in [2.75, 3.05) is 7.05 Å². The van der Waals surface area contributed by atoms with Gasteiger partial charge in [0.25, 0.3) is 5.91 Å². The molecule has 1 amide bonds. The fourth-order valence-corrected chi connectivity index (χ4v) is 2.01. The molecule has 0 saturated carbocycles. The summed E-state index contributed by atoms with van der Waals surface area (Å²) in [5.74, 6) is 1.65. The zero-order valence-corrected chi connectivity index (χ0v) is 12.7. The molecule has 1 aromatic carbocycles. The number of terminal acetylenes is 1. The molecule has 0 unspecified atom stereocenters. The second-order valence-corrected chi connectivity index (χ2v) is 4.72. The molecular formula is C18H16N2O3. The molecule has 2 rings (SSSR count). The van der Waals surface area contributed by atoms with Gasteiger partial charge in [-0.1, -0.05) is 12.1 Å². The Morgan fingerprint density at radius 1 is 1.26 bits per heavy atom. The van der Waals surface area contributed by atoms with Crippen LogP contribution in [-0.4, -0.2) is 23.9 Å². The van der Waals surface area contributed by atoms with Crippen molar-refractivity contribution in [1.29, 1.82) is 0 Å². The Morgan fingerprint density at radius 2 is 2.04 bits per heavy atom. The van der Waals surface area contributed by atoms with Crippen LogP contribution >= 0.6 is 0 Å². The van der Waals surface area contributed by atoms with Crippen molar-refractivity contribution in [2.24, 2.45) is 0 Å². The van der Waals surface area contributed by atoms with Crippen LogP contribution in [0.15, 0.2) is 48.7 Å². The van der Waals surface area contributed by atoms with Crippen LogP contribution in [0.4, 0.5) is 0 Å². The lowest BCUT2D eigenvalue weighted by Gasteiger charge is -2.15. The number of esters is 1. The molecule has 5 heteroatoms. The summed E-state index contributed by atoms with van der Waals surface area (Å²) in [5, 5.41) is 2.51. The Bertz CT molecular complexity index is 735. The van der Waals surface area contributed by atoms with E-state index in [0.717, 1.165) is 0 Å². The van der Waals surface area contributed by atoms with E-state index in [9.17, 15) is 9.59 Å². The first-order chi connectivity index (χ1) is 11.2. The van der Waals surface area contributed by atoms with E-state index in [-0.39, 0.29) is 17.9 Å². The third-order valence-corrected chi connectivity index (χ3v) is 3.16. The van der Waals surface area contributed by atoms with E-state index in [2.05, 4.69) is 16.2 Å². The van der Waals surface area contributed by atoms with Crippen LogP contribution < -0.4 is 5.32 Å². The lowest BCUT2D eigenvalue weighted by Crippen LogP contribution is -2.18. The second kappa shape index (κ2) is 7.76. The molecule has 116 valence electrons. The maximum Gasteiger partial charge on any atom is 0.338 e. The fourth-order valence-electron chi connectivity index (χ4n) is 2.01.